The van der Waals surface area contributed by atoms with E-state index < -0.39 is 23.8 Å². The summed E-state index contributed by atoms with van der Waals surface area (Å²) in [6.07, 6.45) is 0. The molecule has 2 aromatic heterocycles. The van der Waals surface area contributed by atoms with Crippen molar-refractivity contribution in [2.45, 2.75) is 26.1 Å². The lowest BCUT2D eigenvalue weighted by molar-refractivity contribution is -0.126. The van der Waals surface area contributed by atoms with Gasteiger partial charge in [0.2, 0.25) is 0 Å². The molecule has 2 aromatic carbocycles. The summed E-state index contributed by atoms with van der Waals surface area (Å²) in [6.45, 7) is 2.02. The van der Waals surface area contributed by atoms with Crippen LogP contribution in [0.4, 0.5) is 5.69 Å². The predicted molar refractivity (Wildman–Crippen MR) is 142 cm³/mol. The minimum Gasteiger partial charge on any atom is -0.497 e. The Hall–Kier alpha value is -4.64. The van der Waals surface area contributed by atoms with Crippen LogP contribution in [-0.2, 0) is 17.9 Å². The van der Waals surface area contributed by atoms with Crippen LogP contribution in [0.25, 0.3) is 0 Å². The summed E-state index contributed by atoms with van der Waals surface area (Å²) in [5, 5.41) is 2.90. The monoisotopic (exact) mass is 533 g/mol. The van der Waals surface area contributed by atoms with Crippen LogP contribution in [0, 0.1) is 6.92 Å². The molecule has 0 aliphatic carbocycles. The molecule has 4 aromatic rings. The molecule has 4 rings (SSSR count). The number of benzene rings is 2. The Balaban J connectivity index is 1.71. The zero-order valence-corrected chi connectivity index (χ0v) is 21.7. The van der Waals surface area contributed by atoms with Gasteiger partial charge < -0.3 is 30.8 Å². The third-order valence-electron chi connectivity index (χ3n) is 5.83. The average Bonchev–Trinajstić information content (AvgIpc) is 3.52. The number of carbonyl (C=O) groups is 3. The van der Waals surface area contributed by atoms with Crippen molar-refractivity contribution in [2.24, 2.45) is 5.73 Å². The lowest BCUT2D eigenvalue weighted by Crippen LogP contribution is -2.43. The minimum absolute atomic E-state index is 0.00552. The quantitative estimate of drug-likeness (QED) is 0.282. The minimum atomic E-state index is -1.15. The van der Waals surface area contributed by atoms with Crippen molar-refractivity contribution in [2.75, 3.05) is 12.8 Å². The van der Waals surface area contributed by atoms with E-state index in [1.54, 1.807) is 38.3 Å². The third-order valence-corrected chi connectivity index (χ3v) is 6.68. The van der Waals surface area contributed by atoms with E-state index in [0.29, 0.717) is 11.5 Å². The van der Waals surface area contributed by atoms with Gasteiger partial charge in [0.25, 0.3) is 17.7 Å². The fraction of sp³-hybridized carbons (Fsp3) is 0.185. The van der Waals surface area contributed by atoms with Crippen LogP contribution >= 0.6 is 11.5 Å². The lowest BCUT2D eigenvalue weighted by atomic mass is 10.1. The fourth-order valence-corrected chi connectivity index (χ4v) is 4.64. The van der Waals surface area contributed by atoms with Gasteiger partial charge in [-0.25, -0.2) is 0 Å². The standard InChI is InChI=1S/C27H27N5O5S/c1-16-8-13-20(37-16)23(26(34)30-14-17-9-11-19(36-2)12-10-17)32(15-18-6-4-3-5-7-18)27(35)24-21(28)22(25(29)33)31-38-24/h3-13,23H,14-15,28H2,1-2H3,(H2,29,33)(H,30,34)/t23-/m1/s1. The number of primary amides is 1. The number of nitrogen functional groups attached to an aromatic ring is 1. The number of carbonyl (C=O) groups excluding carboxylic acids is 3. The molecular formula is C27H27N5O5S. The van der Waals surface area contributed by atoms with Crippen molar-refractivity contribution >= 4 is 34.9 Å². The number of nitrogens with zero attached hydrogens (tertiary/aromatic N) is 2. The van der Waals surface area contributed by atoms with Gasteiger partial charge in [-0.1, -0.05) is 42.5 Å². The number of aryl methyl sites for hydroxylation is 1. The number of anilines is 1. The van der Waals surface area contributed by atoms with E-state index in [4.69, 9.17) is 20.6 Å². The van der Waals surface area contributed by atoms with Crippen molar-refractivity contribution < 1.29 is 23.5 Å². The summed E-state index contributed by atoms with van der Waals surface area (Å²) in [4.78, 5) is 40.7. The predicted octanol–water partition coefficient (Wildman–Crippen LogP) is 3.43. The van der Waals surface area contributed by atoms with Gasteiger partial charge in [0.1, 0.15) is 22.1 Å². The number of nitrogens with one attached hydrogen (secondary N) is 1. The normalized spacial score (nSPS) is 11.5. The number of hydrogen-bond donors (Lipinski definition) is 3. The molecule has 1 atom stereocenters. The molecule has 5 N–H and O–H groups in total. The molecular weight excluding hydrogens is 506 g/mol. The van der Waals surface area contributed by atoms with E-state index >= 15 is 0 Å². The summed E-state index contributed by atoms with van der Waals surface area (Å²) < 4.78 is 15.0. The Bertz CT molecular complexity index is 1430. The van der Waals surface area contributed by atoms with Gasteiger partial charge in [0.05, 0.1) is 12.8 Å². The van der Waals surface area contributed by atoms with E-state index in [1.807, 2.05) is 42.5 Å². The van der Waals surface area contributed by atoms with Crippen molar-refractivity contribution in [3.05, 3.63) is 99.9 Å². The molecule has 196 valence electrons. The molecule has 0 aliphatic heterocycles. The molecule has 0 unspecified atom stereocenters. The number of aromatic nitrogens is 1. The second-order valence-electron chi connectivity index (χ2n) is 8.47. The highest BCUT2D eigenvalue weighted by molar-refractivity contribution is 7.09. The molecule has 11 heteroatoms. The van der Waals surface area contributed by atoms with Crippen LogP contribution in [0.3, 0.4) is 0 Å². The molecule has 10 nitrogen and oxygen atoms in total. The number of amides is 3. The molecule has 0 aliphatic rings. The Morgan fingerprint density at radius 2 is 1.76 bits per heavy atom. The summed E-state index contributed by atoms with van der Waals surface area (Å²) in [5.74, 6) is -0.345. The Labute approximate surface area is 223 Å². The summed E-state index contributed by atoms with van der Waals surface area (Å²) >= 11 is 0.753. The van der Waals surface area contributed by atoms with E-state index in [-0.39, 0.29) is 35.1 Å². The van der Waals surface area contributed by atoms with Crippen LogP contribution in [0.15, 0.2) is 71.1 Å². The zero-order valence-electron chi connectivity index (χ0n) is 20.8. The fourth-order valence-electron chi connectivity index (χ4n) is 3.87. The molecule has 2 heterocycles. The topological polar surface area (TPSA) is 154 Å². The number of hydrogen-bond acceptors (Lipinski definition) is 8. The summed E-state index contributed by atoms with van der Waals surface area (Å²) in [6, 6.07) is 18.7. The van der Waals surface area contributed by atoms with Crippen LogP contribution in [0.2, 0.25) is 0 Å². The maximum Gasteiger partial charge on any atom is 0.270 e. The SMILES string of the molecule is COc1ccc(CNC(=O)[C@@H](c2ccc(C)o2)N(Cc2ccccc2)C(=O)c2snc(C(N)=O)c2N)cc1. The maximum atomic E-state index is 13.9. The smallest absolute Gasteiger partial charge is 0.270 e. The zero-order chi connectivity index (χ0) is 27.2. The highest BCUT2D eigenvalue weighted by atomic mass is 32.1. The molecule has 38 heavy (non-hydrogen) atoms. The van der Waals surface area contributed by atoms with E-state index in [2.05, 4.69) is 9.69 Å². The molecule has 0 fully saturated rings. The second-order valence-corrected chi connectivity index (χ2v) is 9.25. The van der Waals surface area contributed by atoms with E-state index in [9.17, 15) is 14.4 Å². The van der Waals surface area contributed by atoms with Gasteiger partial charge in [0.15, 0.2) is 11.7 Å². The first-order chi connectivity index (χ1) is 18.3. The Morgan fingerprint density at radius 1 is 1.05 bits per heavy atom. The number of ether oxygens (including phenoxy) is 1. The number of methoxy groups -OCH3 is 1. The van der Waals surface area contributed by atoms with E-state index in [0.717, 1.165) is 22.7 Å². The summed E-state index contributed by atoms with van der Waals surface area (Å²) in [7, 11) is 1.58. The number of nitrogens with two attached hydrogens (primary N) is 2. The van der Waals surface area contributed by atoms with E-state index in [1.165, 1.54) is 4.90 Å². The maximum absolute atomic E-state index is 13.9. The first-order valence-electron chi connectivity index (χ1n) is 11.6. The Morgan fingerprint density at radius 3 is 2.34 bits per heavy atom. The van der Waals surface area contributed by atoms with Crippen LogP contribution < -0.4 is 21.5 Å². The molecule has 0 saturated heterocycles. The number of rotatable bonds is 10. The van der Waals surface area contributed by atoms with Gasteiger partial charge in [-0.05, 0) is 53.8 Å². The lowest BCUT2D eigenvalue weighted by Gasteiger charge is -2.29. The van der Waals surface area contributed by atoms with Gasteiger partial charge in [-0.3, -0.25) is 14.4 Å². The first kappa shape index (κ1) is 26.4. The Kier molecular flexibility index (Phi) is 8.07. The highest BCUT2D eigenvalue weighted by Crippen LogP contribution is 2.31. The highest BCUT2D eigenvalue weighted by Gasteiger charge is 2.36. The van der Waals surface area contributed by atoms with Gasteiger partial charge in [-0.2, -0.15) is 4.37 Å². The largest absolute Gasteiger partial charge is 0.497 e. The van der Waals surface area contributed by atoms with Crippen molar-refractivity contribution in [3.63, 3.8) is 0 Å². The van der Waals surface area contributed by atoms with Crippen LogP contribution in [-0.4, -0.2) is 34.1 Å². The van der Waals surface area contributed by atoms with Crippen molar-refractivity contribution in [3.8, 4) is 5.75 Å². The third kappa shape index (κ3) is 5.84. The molecule has 0 bridgehead atoms. The van der Waals surface area contributed by atoms with Crippen molar-refractivity contribution in [1.29, 1.82) is 0 Å². The second kappa shape index (κ2) is 11.6. The summed E-state index contributed by atoms with van der Waals surface area (Å²) in [5.41, 5.74) is 12.7. The molecule has 3 amide bonds. The molecule has 0 saturated carbocycles. The van der Waals surface area contributed by atoms with Crippen LogP contribution in [0.1, 0.15) is 48.8 Å². The van der Waals surface area contributed by atoms with Gasteiger partial charge in [-0.15, -0.1) is 0 Å². The van der Waals surface area contributed by atoms with Crippen molar-refractivity contribution in [1.82, 2.24) is 14.6 Å². The van der Waals surface area contributed by atoms with Crippen LogP contribution in [0.5, 0.6) is 5.75 Å². The van der Waals surface area contributed by atoms with Gasteiger partial charge >= 0.3 is 0 Å². The molecule has 0 spiro atoms. The first-order valence-corrected chi connectivity index (χ1v) is 12.4. The average molecular weight is 534 g/mol. The van der Waals surface area contributed by atoms with Gasteiger partial charge in [0, 0.05) is 13.1 Å². The number of furan rings is 1. The molecule has 0 radical (unpaired) electrons.